The van der Waals surface area contributed by atoms with Gasteiger partial charge in [0.2, 0.25) is 5.91 Å². The third-order valence-corrected chi connectivity index (χ3v) is 4.02. The number of hydrogen-bond acceptors (Lipinski definition) is 4. The normalized spacial score (nSPS) is 10.2. The fourth-order valence-electron chi connectivity index (χ4n) is 1.60. The summed E-state index contributed by atoms with van der Waals surface area (Å²) in [5, 5.41) is 3.55. The largest absolute Gasteiger partial charge is 0.325 e. The summed E-state index contributed by atoms with van der Waals surface area (Å²) >= 11 is 4.67. The Kier molecular flexibility index (Phi) is 5.52. The van der Waals surface area contributed by atoms with Gasteiger partial charge < -0.3 is 5.32 Å². The molecule has 1 aromatic carbocycles. The van der Waals surface area contributed by atoms with Crippen LogP contribution in [-0.4, -0.2) is 22.4 Å². The Labute approximate surface area is 135 Å². The topological polar surface area (TPSA) is 59.1 Å². The second-order valence-corrected chi connectivity index (χ2v) is 6.20. The number of nitrogens with zero attached hydrogens (tertiary/aromatic N) is 1. The first kappa shape index (κ1) is 15.7. The van der Waals surface area contributed by atoms with Gasteiger partial charge in [-0.3, -0.25) is 9.59 Å². The minimum Gasteiger partial charge on any atom is -0.325 e. The molecule has 2 aromatic rings. The van der Waals surface area contributed by atoms with E-state index in [1.165, 1.54) is 18.7 Å². The van der Waals surface area contributed by atoms with E-state index in [0.717, 1.165) is 9.50 Å². The van der Waals surface area contributed by atoms with E-state index in [0.29, 0.717) is 11.3 Å². The van der Waals surface area contributed by atoms with Gasteiger partial charge in [-0.05, 0) is 47.1 Å². The quantitative estimate of drug-likeness (QED) is 0.647. The summed E-state index contributed by atoms with van der Waals surface area (Å²) in [6.07, 6.45) is 1.69. The van der Waals surface area contributed by atoms with Crippen molar-refractivity contribution in [2.24, 2.45) is 0 Å². The number of rotatable bonds is 5. The number of anilines is 1. The van der Waals surface area contributed by atoms with Crippen LogP contribution in [0.1, 0.15) is 17.3 Å². The monoisotopic (exact) mass is 364 g/mol. The molecule has 6 heteroatoms. The first-order valence-corrected chi connectivity index (χ1v) is 7.97. The van der Waals surface area contributed by atoms with E-state index in [4.69, 9.17) is 0 Å². The number of nitrogens with one attached hydrogen (secondary N) is 1. The SMILES string of the molecule is CC(=O)c1cccc(NC(=O)CSc2ccc(Br)cn2)c1. The van der Waals surface area contributed by atoms with E-state index in [2.05, 4.69) is 26.2 Å². The van der Waals surface area contributed by atoms with Crippen molar-refractivity contribution >= 4 is 45.1 Å². The molecular formula is C15H13BrN2O2S. The number of thioether (sulfide) groups is 1. The number of benzene rings is 1. The highest BCUT2D eigenvalue weighted by molar-refractivity contribution is 9.10. The number of ketones is 1. The Morgan fingerprint density at radius 1 is 1.29 bits per heavy atom. The van der Waals surface area contributed by atoms with E-state index >= 15 is 0 Å². The third kappa shape index (κ3) is 4.99. The van der Waals surface area contributed by atoms with Crippen molar-refractivity contribution < 1.29 is 9.59 Å². The molecule has 0 aliphatic carbocycles. The van der Waals surface area contributed by atoms with Crippen LogP contribution < -0.4 is 5.32 Å². The summed E-state index contributed by atoms with van der Waals surface area (Å²) in [4.78, 5) is 27.4. The number of aromatic nitrogens is 1. The van der Waals surface area contributed by atoms with Crippen molar-refractivity contribution in [1.29, 1.82) is 0 Å². The van der Waals surface area contributed by atoms with E-state index in [1.54, 1.807) is 30.5 Å². The summed E-state index contributed by atoms with van der Waals surface area (Å²) in [6, 6.07) is 10.6. The van der Waals surface area contributed by atoms with Gasteiger partial charge in [0.1, 0.15) is 0 Å². The third-order valence-electron chi connectivity index (χ3n) is 2.60. The van der Waals surface area contributed by atoms with Crippen molar-refractivity contribution in [1.82, 2.24) is 4.98 Å². The van der Waals surface area contributed by atoms with Crippen LogP contribution in [0.25, 0.3) is 0 Å². The van der Waals surface area contributed by atoms with Crippen molar-refractivity contribution in [3.8, 4) is 0 Å². The summed E-state index contributed by atoms with van der Waals surface area (Å²) in [5.74, 6) is 0.101. The number of halogens is 1. The van der Waals surface area contributed by atoms with Crippen molar-refractivity contribution in [2.45, 2.75) is 11.9 Å². The van der Waals surface area contributed by atoms with Gasteiger partial charge in [0.15, 0.2) is 5.78 Å². The number of Topliss-reactive ketones (excluding diaryl/α,β-unsaturated/α-hetero) is 1. The first-order valence-electron chi connectivity index (χ1n) is 6.20. The van der Waals surface area contributed by atoms with Gasteiger partial charge in [-0.1, -0.05) is 23.9 Å². The molecule has 2 rings (SSSR count). The molecule has 21 heavy (non-hydrogen) atoms. The summed E-state index contributed by atoms with van der Waals surface area (Å²) in [6.45, 7) is 1.50. The number of pyridine rings is 1. The average molecular weight is 365 g/mol. The molecule has 0 unspecified atom stereocenters. The zero-order chi connectivity index (χ0) is 15.2. The molecule has 0 aliphatic heterocycles. The van der Waals surface area contributed by atoms with Gasteiger partial charge in [-0.25, -0.2) is 4.98 Å². The molecular weight excluding hydrogens is 352 g/mol. The fourth-order valence-corrected chi connectivity index (χ4v) is 2.48. The van der Waals surface area contributed by atoms with Gasteiger partial charge in [0, 0.05) is 21.9 Å². The molecule has 0 saturated heterocycles. The Morgan fingerprint density at radius 3 is 2.76 bits per heavy atom. The van der Waals surface area contributed by atoms with Crippen LogP contribution in [0.15, 0.2) is 52.1 Å². The second-order valence-electron chi connectivity index (χ2n) is 4.29. The molecule has 1 amide bonds. The van der Waals surface area contributed by atoms with Gasteiger partial charge >= 0.3 is 0 Å². The van der Waals surface area contributed by atoms with E-state index in [1.807, 2.05) is 12.1 Å². The van der Waals surface area contributed by atoms with Gasteiger partial charge in [0.05, 0.1) is 10.8 Å². The Morgan fingerprint density at radius 2 is 2.10 bits per heavy atom. The predicted octanol–water partition coefficient (Wildman–Crippen LogP) is 3.78. The molecule has 1 N–H and O–H groups in total. The lowest BCUT2D eigenvalue weighted by Crippen LogP contribution is -2.14. The zero-order valence-electron chi connectivity index (χ0n) is 11.3. The average Bonchev–Trinajstić information content (AvgIpc) is 2.47. The Hall–Kier alpha value is -1.66. The van der Waals surface area contributed by atoms with Crippen LogP contribution in [0.5, 0.6) is 0 Å². The molecule has 0 fully saturated rings. The minimum absolute atomic E-state index is 0.0282. The van der Waals surface area contributed by atoms with Crippen molar-refractivity contribution in [2.75, 3.05) is 11.1 Å². The van der Waals surface area contributed by atoms with Crippen LogP contribution in [-0.2, 0) is 4.79 Å². The van der Waals surface area contributed by atoms with E-state index in [-0.39, 0.29) is 17.4 Å². The van der Waals surface area contributed by atoms with Crippen LogP contribution in [0, 0.1) is 0 Å². The minimum atomic E-state index is -0.134. The summed E-state index contributed by atoms with van der Waals surface area (Å²) < 4.78 is 0.900. The predicted molar refractivity (Wildman–Crippen MR) is 87.7 cm³/mol. The summed E-state index contributed by atoms with van der Waals surface area (Å²) in [5.41, 5.74) is 1.20. The molecule has 1 heterocycles. The number of hydrogen-bond donors (Lipinski definition) is 1. The highest BCUT2D eigenvalue weighted by Gasteiger charge is 2.06. The van der Waals surface area contributed by atoms with Gasteiger partial charge in [-0.15, -0.1) is 0 Å². The van der Waals surface area contributed by atoms with Crippen LogP contribution in [0.2, 0.25) is 0 Å². The van der Waals surface area contributed by atoms with Gasteiger partial charge in [0.25, 0.3) is 0 Å². The lowest BCUT2D eigenvalue weighted by Gasteiger charge is -2.06. The van der Waals surface area contributed by atoms with Crippen LogP contribution >= 0.6 is 27.7 Å². The second kappa shape index (κ2) is 7.38. The number of carbonyl (C=O) groups is 2. The van der Waals surface area contributed by atoms with E-state index < -0.39 is 0 Å². The van der Waals surface area contributed by atoms with Crippen LogP contribution in [0.4, 0.5) is 5.69 Å². The molecule has 0 saturated carbocycles. The first-order chi connectivity index (χ1) is 10.0. The number of amides is 1. The highest BCUT2D eigenvalue weighted by Crippen LogP contribution is 2.18. The maximum atomic E-state index is 11.9. The maximum Gasteiger partial charge on any atom is 0.234 e. The molecule has 108 valence electrons. The molecule has 1 aromatic heterocycles. The molecule has 4 nitrogen and oxygen atoms in total. The lowest BCUT2D eigenvalue weighted by atomic mass is 10.1. The van der Waals surface area contributed by atoms with E-state index in [9.17, 15) is 9.59 Å². The lowest BCUT2D eigenvalue weighted by molar-refractivity contribution is -0.113. The Balaban J connectivity index is 1.91. The summed E-state index contributed by atoms with van der Waals surface area (Å²) in [7, 11) is 0. The van der Waals surface area contributed by atoms with Gasteiger partial charge in [-0.2, -0.15) is 0 Å². The fraction of sp³-hybridized carbons (Fsp3) is 0.133. The number of carbonyl (C=O) groups excluding carboxylic acids is 2. The maximum absolute atomic E-state index is 11.9. The molecule has 0 aliphatic rings. The molecule has 0 atom stereocenters. The molecule has 0 bridgehead atoms. The smallest absolute Gasteiger partial charge is 0.234 e. The van der Waals surface area contributed by atoms with Crippen molar-refractivity contribution in [3.05, 3.63) is 52.6 Å². The van der Waals surface area contributed by atoms with Crippen LogP contribution in [0.3, 0.4) is 0 Å². The zero-order valence-corrected chi connectivity index (χ0v) is 13.7. The highest BCUT2D eigenvalue weighted by atomic mass is 79.9. The van der Waals surface area contributed by atoms with Crippen molar-refractivity contribution in [3.63, 3.8) is 0 Å². The Bertz CT molecular complexity index is 659. The standard InChI is InChI=1S/C15H13BrN2O2S/c1-10(19)11-3-2-4-13(7-11)18-14(20)9-21-15-6-5-12(16)8-17-15/h2-8H,9H2,1H3,(H,18,20). The molecule has 0 radical (unpaired) electrons. The molecule has 0 spiro atoms.